The van der Waals surface area contributed by atoms with Gasteiger partial charge in [-0.2, -0.15) is 0 Å². The summed E-state index contributed by atoms with van der Waals surface area (Å²) in [5.41, 5.74) is 3.54. The van der Waals surface area contributed by atoms with Gasteiger partial charge in [-0.05, 0) is 36.2 Å². The highest BCUT2D eigenvalue weighted by Crippen LogP contribution is 2.29. The van der Waals surface area contributed by atoms with E-state index in [-0.39, 0.29) is 5.82 Å². The monoisotopic (exact) mass is 298 g/mol. The number of nitrogens with zero attached hydrogens (tertiary/aromatic N) is 2. The van der Waals surface area contributed by atoms with E-state index in [1.807, 2.05) is 31.2 Å². The van der Waals surface area contributed by atoms with Crippen LogP contribution in [-0.4, -0.2) is 9.97 Å². The summed E-state index contributed by atoms with van der Waals surface area (Å²) in [7, 11) is 0. The second kappa shape index (κ2) is 5.62. The van der Waals surface area contributed by atoms with E-state index in [0.29, 0.717) is 16.5 Å². The third-order valence-corrected chi connectivity index (χ3v) is 3.45. The van der Waals surface area contributed by atoms with Crippen LogP contribution in [0.15, 0.2) is 54.7 Å². The van der Waals surface area contributed by atoms with Crippen molar-refractivity contribution < 1.29 is 4.39 Å². The maximum absolute atomic E-state index is 13.0. The molecular weight excluding hydrogens is 287 g/mol. The fourth-order valence-corrected chi connectivity index (χ4v) is 2.35. The first-order chi connectivity index (χ1) is 10.1. The molecule has 0 fully saturated rings. The molecule has 0 bridgehead atoms. The first kappa shape index (κ1) is 13.7. The van der Waals surface area contributed by atoms with Gasteiger partial charge in [0.15, 0.2) is 0 Å². The summed E-state index contributed by atoms with van der Waals surface area (Å²) in [5.74, 6) is 0.422. The molecule has 3 aromatic rings. The fraction of sp³-hybridized carbons (Fsp3) is 0.0588. The summed E-state index contributed by atoms with van der Waals surface area (Å²) >= 11 is 6.18. The average Bonchev–Trinajstić information content (AvgIpc) is 2.50. The molecule has 21 heavy (non-hydrogen) atoms. The fourth-order valence-electron chi connectivity index (χ4n) is 2.15. The third kappa shape index (κ3) is 2.93. The molecular formula is C17H12ClFN2. The lowest BCUT2D eigenvalue weighted by Gasteiger charge is -2.07. The molecule has 2 nitrogen and oxygen atoms in total. The van der Waals surface area contributed by atoms with Crippen LogP contribution in [0.4, 0.5) is 4.39 Å². The minimum atomic E-state index is -0.246. The molecule has 0 aliphatic heterocycles. The Morgan fingerprint density at radius 1 is 0.952 bits per heavy atom. The normalized spacial score (nSPS) is 10.6. The average molecular weight is 299 g/mol. The number of halogens is 2. The zero-order valence-electron chi connectivity index (χ0n) is 11.3. The maximum Gasteiger partial charge on any atom is 0.125 e. The first-order valence-corrected chi connectivity index (χ1v) is 6.87. The van der Waals surface area contributed by atoms with Crippen LogP contribution >= 0.6 is 11.6 Å². The van der Waals surface area contributed by atoms with Crippen LogP contribution in [-0.2, 0) is 0 Å². The summed E-state index contributed by atoms with van der Waals surface area (Å²) in [6.07, 6.45) is 1.60. The Morgan fingerprint density at radius 3 is 2.43 bits per heavy atom. The van der Waals surface area contributed by atoms with E-state index in [0.717, 1.165) is 16.7 Å². The minimum Gasteiger partial charge on any atom is -0.240 e. The van der Waals surface area contributed by atoms with E-state index < -0.39 is 0 Å². The van der Waals surface area contributed by atoms with Crippen LogP contribution in [0.1, 0.15) is 5.82 Å². The topological polar surface area (TPSA) is 25.8 Å². The van der Waals surface area contributed by atoms with Crippen molar-refractivity contribution in [3.63, 3.8) is 0 Å². The Balaban J connectivity index is 2.08. The van der Waals surface area contributed by atoms with E-state index in [1.165, 1.54) is 12.1 Å². The molecule has 4 heteroatoms. The number of aryl methyl sites for hydroxylation is 1. The molecule has 0 amide bonds. The molecule has 0 atom stereocenters. The Hall–Kier alpha value is -2.26. The van der Waals surface area contributed by atoms with Crippen LogP contribution in [0.3, 0.4) is 0 Å². The molecule has 2 aromatic carbocycles. The quantitative estimate of drug-likeness (QED) is 0.671. The number of hydrogen-bond acceptors (Lipinski definition) is 2. The van der Waals surface area contributed by atoms with Crippen molar-refractivity contribution in [2.75, 3.05) is 0 Å². The molecule has 0 aliphatic rings. The number of benzene rings is 2. The van der Waals surface area contributed by atoms with Crippen LogP contribution in [0.5, 0.6) is 0 Å². The minimum absolute atomic E-state index is 0.246. The van der Waals surface area contributed by atoms with E-state index in [4.69, 9.17) is 11.6 Å². The second-order valence-corrected chi connectivity index (χ2v) is 5.11. The Bertz CT molecular complexity index is 785. The molecule has 0 N–H and O–H groups in total. The standard InChI is InChI=1S/C17H12ClFN2/c1-11-20-10-16(18)17(21-11)14-4-2-3-13(9-14)12-5-7-15(19)8-6-12/h2-10H,1H3. The molecule has 0 saturated carbocycles. The van der Waals surface area contributed by atoms with Gasteiger partial charge in [-0.3, -0.25) is 0 Å². The van der Waals surface area contributed by atoms with E-state index in [1.54, 1.807) is 18.3 Å². The molecule has 3 rings (SSSR count). The zero-order valence-corrected chi connectivity index (χ0v) is 12.1. The van der Waals surface area contributed by atoms with Crippen molar-refractivity contribution >= 4 is 11.6 Å². The van der Waals surface area contributed by atoms with E-state index in [9.17, 15) is 4.39 Å². The largest absolute Gasteiger partial charge is 0.240 e. The molecule has 104 valence electrons. The highest BCUT2D eigenvalue weighted by Gasteiger charge is 2.08. The lowest BCUT2D eigenvalue weighted by molar-refractivity contribution is 0.628. The lowest BCUT2D eigenvalue weighted by atomic mass is 10.0. The van der Waals surface area contributed by atoms with Crippen molar-refractivity contribution in [3.05, 3.63) is 71.4 Å². The van der Waals surface area contributed by atoms with Gasteiger partial charge in [-0.1, -0.05) is 41.9 Å². The van der Waals surface area contributed by atoms with Crippen LogP contribution < -0.4 is 0 Å². The summed E-state index contributed by atoms with van der Waals surface area (Å²) in [4.78, 5) is 8.46. The van der Waals surface area contributed by atoms with Gasteiger partial charge in [0.1, 0.15) is 11.6 Å². The van der Waals surface area contributed by atoms with Gasteiger partial charge in [0.05, 0.1) is 10.7 Å². The number of aromatic nitrogens is 2. The van der Waals surface area contributed by atoms with Crippen molar-refractivity contribution in [1.82, 2.24) is 9.97 Å². The van der Waals surface area contributed by atoms with Crippen molar-refractivity contribution in [2.24, 2.45) is 0 Å². The van der Waals surface area contributed by atoms with Crippen LogP contribution in [0, 0.1) is 12.7 Å². The van der Waals surface area contributed by atoms with Crippen molar-refractivity contribution in [1.29, 1.82) is 0 Å². The van der Waals surface area contributed by atoms with Gasteiger partial charge in [0, 0.05) is 11.8 Å². The van der Waals surface area contributed by atoms with Gasteiger partial charge in [-0.25, -0.2) is 14.4 Å². The summed E-state index contributed by atoms with van der Waals surface area (Å²) in [5, 5.41) is 0.511. The second-order valence-electron chi connectivity index (χ2n) is 4.70. The van der Waals surface area contributed by atoms with Gasteiger partial charge < -0.3 is 0 Å². The molecule has 0 spiro atoms. The Kier molecular flexibility index (Phi) is 3.67. The predicted octanol–water partition coefficient (Wildman–Crippen LogP) is 4.91. The number of rotatable bonds is 2. The molecule has 0 aliphatic carbocycles. The van der Waals surface area contributed by atoms with Gasteiger partial charge in [0.2, 0.25) is 0 Å². The molecule has 0 saturated heterocycles. The molecule has 1 heterocycles. The summed E-state index contributed by atoms with van der Waals surface area (Å²) < 4.78 is 13.0. The lowest BCUT2D eigenvalue weighted by Crippen LogP contribution is -1.92. The summed E-state index contributed by atoms with van der Waals surface area (Å²) in [6, 6.07) is 14.2. The van der Waals surface area contributed by atoms with Gasteiger partial charge in [-0.15, -0.1) is 0 Å². The van der Waals surface area contributed by atoms with Crippen molar-refractivity contribution in [2.45, 2.75) is 6.92 Å². The maximum atomic E-state index is 13.0. The van der Waals surface area contributed by atoms with Crippen LogP contribution in [0.2, 0.25) is 5.02 Å². The number of hydrogen-bond donors (Lipinski definition) is 0. The smallest absolute Gasteiger partial charge is 0.125 e. The van der Waals surface area contributed by atoms with Crippen LogP contribution in [0.25, 0.3) is 22.4 Å². The Labute approximate surface area is 127 Å². The highest BCUT2D eigenvalue weighted by molar-refractivity contribution is 6.32. The summed E-state index contributed by atoms with van der Waals surface area (Å²) in [6.45, 7) is 1.82. The van der Waals surface area contributed by atoms with Gasteiger partial charge >= 0.3 is 0 Å². The SMILES string of the molecule is Cc1ncc(Cl)c(-c2cccc(-c3ccc(F)cc3)c2)n1. The van der Waals surface area contributed by atoms with Gasteiger partial charge in [0.25, 0.3) is 0 Å². The zero-order chi connectivity index (χ0) is 14.8. The first-order valence-electron chi connectivity index (χ1n) is 6.49. The molecule has 0 unspecified atom stereocenters. The predicted molar refractivity (Wildman–Crippen MR) is 82.6 cm³/mol. The molecule has 1 aromatic heterocycles. The van der Waals surface area contributed by atoms with Crippen molar-refractivity contribution in [3.8, 4) is 22.4 Å². The molecule has 0 radical (unpaired) electrons. The third-order valence-electron chi connectivity index (χ3n) is 3.18. The van der Waals surface area contributed by atoms with E-state index >= 15 is 0 Å². The Morgan fingerprint density at radius 2 is 1.67 bits per heavy atom. The highest BCUT2D eigenvalue weighted by atomic mass is 35.5. The van der Waals surface area contributed by atoms with E-state index in [2.05, 4.69) is 9.97 Å².